The highest BCUT2D eigenvalue weighted by atomic mass is 32.1. The van der Waals surface area contributed by atoms with E-state index in [1.54, 1.807) is 6.92 Å². The van der Waals surface area contributed by atoms with Crippen LogP contribution in [0, 0.1) is 36.5 Å². The number of thiophene rings is 1. The van der Waals surface area contributed by atoms with E-state index in [4.69, 9.17) is 23.7 Å². The Bertz CT molecular complexity index is 1380. The Morgan fingerprint density at radius 2 is 1.53 bits per heavy atom. The number of nitriles is 2. The second-order valence-corrected chi connectivity index (χ2v) is 11.3. The predicted octanol–water partition coefficient (Wildman–Crippen LogP) is 6.28. The van der Waals surface area contributed by atoms with Crippen LogP contribution in [0.3, 0.4) is 0 Å². The summed E-state index contributed by atoms with van der Waals surface area (Å²) in [4.78, 5) is 24.1. The molecule has 2 rings (SSSR count). The van der Waals surface area contributed by atoms with Crippen LogP contribution in [0.1, 0.15) is 54.2 Å². The first-order valence-corrected chi connectivity index (χ1v) is 16.6. The number of ether oxygens (including phenoxy) is 5. The molecule has 0 aliphatic rings. The van der Waals surface area contributed by atoms with Gasteiger partial charge in [-0.2, -0.15) is 10.5 Å². The third kappa shape index (κ3) is 15.4. The molecule has 0 saturated carbocycles. The fourth-order valence-corrected chi connectivity index (χ4v) is 5.13. The number of carbonyl (C=O) groups excluding carboxylic acids is 2. The summed E-state index contributed by atoms with van der Waals surface area (Å²) in [6.45, 7) is 11.1. The van der Waals surface area contributed by atoms with E-state index >= 15 is 0 Å². The van der Waals surface area contributed by atoms with E-state index in [-0.39, 0.29) is 13.2 Å². The van der Waals surface area contributed by atoms with Crippen molar-refractivity contribution in [1.82, 2.24) is 0 Å². The van der Waals surface area contributed by atoms with Gasteiger partial charge in [0.2, 0.25) is 0 Å². The minimum absolute atomic E-state index is 0.106. The van der Waals surface area contributed by atoms with Crippen molar-refractivity contribution in [3.63, 3.8) is 0 Å². The molecular formula is C34H45N5O7S. The molecule has 0 atom stereocenters. The van der Waals surface area contributed by atoms with Crippen LogP contribution in [-0.2, 0) is 33.3 Å². The molecule has 0 amide bonds. The number of aryl methyl sites for hydroxylation is 1. The standard InChI is InChI=1S/C34H45N5O7S/c1-4-5-6-7-12-39(13-15-42-16-17-43-18-19-44-20-21-45-22-23-46-33(41)9-8-14-40)29-10-11-31(27(2)24-29)37-38-34-30(25-35)28(3)32(26-36)47-34/h8-11,14,24H,4-7,12-13,15-23H2,1-3H3/b9-8-,38-37?. The van der Waals surface area contributed by atoms with Crippen molar-refractivity contribution in [1.29, 1.82) is 10.5 Å². The van der Waals surface area contributed by atoms with Crippen molar-refractivity contribution < 1.29 is 33.3 Å². The molecule has 12 nitrogen and oxygen atoms in total. The largest absolute Gasteiger partial charge is 0.460 e. The first-order chi connectivity index (χ1) is 22.9. The van der Waals surface area contributed by atoms with Crippen LogP contribution in [0.4, 0.5) is 16.4 Å². The van der Waals surface area contributed by atoms with Crippen LogP contribution in [0.25, 0.3) is 0 Å². The van der Waals surface area contributed by atoms with Gasteiger partial charge in [0, 0.05) is 24.9 Å². The van der Waals surface area contributed by atoms with E-state index in [0.29, 0.717) is 79.2 Å². The lowest BCUT2D eigenvalue weighted by molar-refractivity contribution is -0.139. The Morgan fingerprint density at radius 3 is 2.13 bits per heavy atom. The van der Waals surface area contributed by atoms with Gasteiger partial charge in [0.15, 0.2) is 5.00 Å². The molecule has 2 aromatic rings. The molecule has 0 radical (unpaired) electrons. The summed E-state index contributed by atoms with van der Waals surface area (Å²) in [6, 6.07) is 10.3. The third-order valence-electron chi connectivity index (χ3n) is 6.82. The third-order valence-corrected chi connectivity index (χ3v) is 7.90. The molecule has 13 heteroatoms. The quantitative estimate of drug-likeness (QED) is 0.0388. The Balaban J connectivity index is 1.71. The SMILES string of the molecule is CCCCCCN(CCOCCOCCOCCOCCOC(=O)/C=C\C=O)c1ccc(N=Nc2sc(C#N)c(C)c2C#N)c(C)c1. The highest BCUT2D eigenvalue weighted by molar-refractivity contribution is 7.16. The Labute approximate surface area is 281 Å². The van der Waals surface area contributed by atoms with Gasteiger partial charge in [0.25, 0.3) is 0 Å². The molecule has 1 aromatic heterocycles. The molecule has 0 unspecified atom stereocenters. The van der Waals surface area contributed by atoms with Gasteiger partial charge in [0.1, 0.15) is 29.9 Å². The van der Waals surface area contributed by atoms with E-state index in [1.165, 1.54) is 30.6 Å². The molecule has 0 bridgehead atoms. The van der Waals surface area contributed by atoms with Crippen molar-refractivity contribution in [2.75, 3.05) is 77.5 Å². The van der Waals surface area contributed by atoms with Gasteiger partial charge in [-0.05, 0) is 55.7 Å². The summed E-state index contributed by atoms with van der Waals surface area (Å²) in [5, 5.41) is 27.9. The molecule has 47 heavy (non-hydrogen) atoms. The summed E-state index contributed by atoms with van der Waals surface area (Å²) >= 11 is 1.18. The lowest BCUT2D eigenvalue weighted by Gasteiger charge is -2.25. The second kappa shape index (κ2) is 24.2. The zero-order valence-electron chi connectivity index (χ0n) is 27.6. The molecule has 0 aliphatic heterocycles. The van der Waals surface area contributed by atoms with Gasteiger partial charge in [-0.1, -0.05) is 26.2 Å². The molecule has 254 valence electrons. The van der Waals surface area contributed by atoms with E-state index < -0.39 is 5.97 Å². The van der Waals surface area contributed by atoms with Gasteiger partial charge in [0.05, 0.1) is 64.1 Å². The van der Waals surface area contributed by atoms with Crippen LogP contribution >= 0.6 is 11.3 Å². The summed E-state index contributed by atoms with van der Waals surface area (Å²) in [6.07, 6.45) is 7.28. The van der Waals surface area contributed by atoms with Gasteiger partial charge in [-0.25, -0.2) is 4.79 Å². The van der Waals surface area contributed by atoms with E-state index in [0.717, 1.165) is 42.9 Å². The lowest BCUT2D eigenvalue weighted by Crippen LogP contribution is -2.29. The molecule has 0 saturated heterocycles. The fourth-order valence-electron chi connectivity index (χ4n) is 4.26. The number of hydrogen-bond acceptors (Lipinski definition) is 13. The number of carbonyl (C=O) groups is 2. The monoisotopic (exact) mass is 667 g/mol. The number of esters is 1. The molecule has 1 aromatic carbocycles. The molecule has 0 fully saturated rings. The zero-order chi connectivity index (χ0) is 34.1. The second-order valence-electron chi connectivity index (χ2n) is 10.3. The van der Waals surface area contributed by atoms with Crippen LogP contribution < -0.4 is 4.90 Å². The average Bonchev–Trinajstić information content (AvgIpc) is 3.39. The first kappa shape index (κ1) is 39.2. The van der Waals surface area contributed by atoms with Gasteiger partial charge < -0.3 is 28.6 Å². The average molecular weight is 668 g/mol. The van der Waals surface area contributed by atoms with Crippen molar-refractivity contribution >= 4 is 40.0 Å². The van der Waals surface area contributed by atoms with E-state index in [9.17, 15) is 20.1 Å². The van der Waals surface area contributed by atoms with Gasteiger partial charge >= 0.3 is 5.97 Å². The molecular weight excluding hydrogens is 622 g/mol. The number of anilines is 1. The minimum Gasteiger partial charge on any atom is -0.460 e. The molecule has 0 aliphatic carbocycles. The van der Waals surface area contributed by atoms with E-state index in [2.05, 4.69) is 40.3 Å². The van der Waals surface area contributed by atoms with Crippen molar-refractivity contribution in [2.45, 2.75) is 46.5 Å². The summed E-state index contributed by atoms with van der Waals surface area (Å²) in [5.74, 6) is -0.585. The van der Waals surface area contributed by atoms with Crippen LogP contribution in [0.2, 0.25) is 0 Å². The lowest BCUT2D eigenvalue weighted by atomic mass is 10.1. The number of unbranched alkanes of at least 4 members (excludes halogenated alkanes) is 3. The number of allylic oxidation sites excluding steroid dienone is 1. The van der Waals surface area contributed by atoms with Crippen LogP contribution in [0.15, 0.2) is 40.6 Å². The number of nitrogens with zero attached hydrogens (tertiary/aromatic N) is 5. The Kier molecular flexibility index (Phi) is 20.2. The van der Waals surface area contributed by atoms with E-state index in [1.807, 2.05) is 19.1 Å². The minimum atomic E-state index is -0.585. The van der Waals surface area contributed by atoms with Crippen LogP contribution in [-0.4, -0.2) is 84.8 Å². The smallest absolute Gasteiger partial charge is 0.330 e. The Morgan fingerprint density at radius 1 is 0.872 bits per heavy atom. The molecule has 0 spiro atoms. The number of azo groups is 1. The maximum absolute atomic E-state index is 11.2. The highest BCUT2D eigenvalue weighted by Crippen LogP contribution is 2.36. The Hall–Kier alpha value is -3.98. The van der Waals surface area contributed by atoms with Crippen LogP contribution in [0.5, 0.6) is 0 Å². The topological polar surface area (TPSA) is 156 Å². The van der Waals surface area contributed by atoms with Crippen molar-refractivity contribution in [3.8, 4) is 12.1 Å². The maximum atomic E-state index is 11.2. The maximum Gasteiger partial charge on any atom is 0.330 e. The van der Waals surface area contributed by atoms with Crippen molar-refractivity contribution in [2.24, 2.45) is 10.2 Å². The first-order valence-electron chi connectivity index (χ1n) is 15.8. The summed E-state index contributed by atoms with van der Waals surface area (Å²) in [5.41, 5.74) is 3.79. The predicted molar refractivity (Wildman–Crippen MR) is 180 cm³/mol. The number of hydrogen-bond donors (Lipinski definition) is 0. The number of benzene rings is 1. The fraction of sp³-hybridized carbons (Fsp3) is 0.529. The van der Waals surface area contributed by atoms with Gasteiger partial charge in [-0.3, -0.25) is 4.79 Å². The zero-order valence-corrected chi connectivity index (χ0v) is 28.4. The van der Waals surface area contributed by atoms with Gasteiger partial charge in [-0.15, -0.1) is 21.6 Å². The highest BCUT2D eigenvalue weighted by Gasteiger charge is 2.15. The number of aldehydes is 1. The number of rotatable bonds is 25. The normalized spacial score (nSPS) is 11.2. The van der Waals surface area contributed by atoms with Crippen molar-refractivity contribution in [3.05, 3.63) is 51.9 Å². The molecule has 0 N–H and O–H groups in total. The summed E-state index contributed by atoms with van der Waals surface area (Å²) in [7, 11) is 0. The summed E-state index contributed by atoms with van der Waals surface area (Å²) < 4.78 is 27.1. The molecule has 1 heterocycles.